The van der Waals surface area contributed by atoms with Crippen molar-refractivity contribution in [1.82, 2.24) is 0 Å². The highest BCUT2D eigenvalue weighted by Crippen LogP contribution is 2.45. The van der Waals surface area contributed by atoms with E-state index in [2.05, 4.69) is 55.4 Å². The van der Waals surface area contributed by atoms with Crippen molar-refractivity contribution in [2.45, 2.75) is 363 Å². The number of unbranched alkanes of at least 4 members (excludes halogenated alkanes) is 33. The van der Waals surface area contributed by atoms with Crippen molar-refractivity contribution in [2.75, 3.05) is 39.6 Å². The summed E-state index contributed by atoms with van der Waals surface area (Å²) >= 11 is 0. The smallest absolute Gasteiger partial charge is 0.462 e. The average Bonchev–Trinajstić information content (AvgIpc) is 3.60. The second-order valence-corrected chi connectivity index (χ2v) is 30.1. The molecule has 17 nitrogen and oxygen atoms in total. The van der Waals surface area contributed by atoms with Gasteiger partial charge in [0.1, 0.15) is 19.3 Å². The predicted octanol–water partition coefficient (Wildman–Crippen LogP) is 19.7. The molecule has 3 unspecified atom stereocenters. The van der Waals surface area contributed by atoms with Crippen molar-refractivity contribution in [3.8, 4) is 0 Å². The van der Waals surface area contributed by atoms with Crippen molar-refractivity contribution in [3.05, 3.63) is 0 Å². The van der Waals surface area contributed by atoms with Crippen LogP contribution in [0.1, 0.15) is 344 Å². The monoisotopic (exact) mass is 1310 g/mol. The number of carbonyl (C=O) groups excluding carboxylic acids is 4. The zero-order valence-electron chi connectivity index (χ0n) is 58.1. The van der Waals surface area contributed by atoms with Crippen LogP contribution in [0, 0.1) is 23.7 Å². The molecule has 0 aromatic carbocycles. The maximum absolute atomic E-state index is 13.0. The van der Waals surface area contributed by atoms with Crippen LogP contribution in [-0.2, 0) is 65.4 Å². The number of hydrogen-bond acceptors (Lipinski definition) is 15. The van der Waals surface area contributed by atoms with Gasteiger partial charge in [-0.1, -0.05) is 293 Å². The fraction of sp³-hybridized carbons (Fsp3) is 0.943. The summed E-state index contributed by atoms with van der Waals surface area (Å²) in [5, 5.41) is 10.6. The normalized spacial score (nSPS) is 14.3. The van der Waals surface area contributed by atoms with Crippen molar-refractivity contribution in [2.24, 2.45) is 23.7 Å². The summed E-state index contributed by atoms with van der Waals surface area (Å²) in [5.41, 5.74) is 0. The molecule has 3 N–H and O–H groups in total. The van der Waals surface area contributed by atoms with E-state index in [4.69, 9.17) is 37.0 Å². The van der Waals surface area contributed by atoms with Gasteiger partial charge < -0.3 is 33.8 Å². The molecule has 528 valence electrons. The third-order valence-corrected chi connectivity index (χ3v) is 18.0. The van der Waals surface area contributed by atoms with E-state index in [0.717, 1.165) is 102 Å². The summed E-state index contributed by atoms with van der Waals surface area (Å²) in [6.07, 6.45) is 42.1. The lowest BCUT2D eigenvalue weighted by molar-refractivity contribution is -0.161. The highest BCUT2D eigenvalue weighted by molar-refractivity contribution is 7.47. The average molecular weight is 1310 g/mol. The molecule has 0 radical (unpaired) electrons. The highest BCUT2D eigenvalue weighted by atomic mass is 31.2. The number of phosphoric ester groups is 2. The van der Waals surface area contributed by atoms with Gasteiger partial charge in [0.25, 0.3) is 0 Å². The summed E-state index contributed by atoms with van der Waals surface area (Å²) in [5.74, 6) is 0.767. The number of phosphoric acid groups is 2. The Kier molecular flexibility index (Phi) is 58.5. The molecular weight excluding hydrogens is 1170 g/mol. The van der Waals surface area contributed by atoms with Crippen LogP contribution in [0.4, 0.5) is 0 Å². The maximum atomic E-state index is 13.0. The third-order valence-electron chi connectivity index (χ3n) is 16.1. The van der Waals surface area contributed by atoms with Gasteiger partial charge in [0.2, 0.25) is 0 Å². The first-order valence-corrected chi connectivity index (χ1v) is 39.2. The molecule has 0 heterocycles. The topological polar surface area (TPSA) is 237 Å². The zero-order chi connectivity index (χ0) is 66.1. The van der Waals surface area contributed by atoms with Gasteiger partial charge >= 0.3 is 39.5 Å². The Labute approximate surface area is 543 Å². The van der Waals surface area contributed by atoms with Crippen LogP contribution in [-0.4, -0.2) is 96.7 Å². The van der Waals surface area contributed by atoms with E-state index in [-0.39, 0.29) is 25.7 Å². The molecule has 0 rings (SSSR count). The molecule has 0 spiro atoms. The van der Waals surface area contributed by atoms with E-state index >= 15 is 0 Å². The van der Waals surface area contributed by atoms with Crippen molar-refractivity contribution >= 4 is 39.5 Å². The highest BCUT2D eigenvalue weighted by Gasteiger charge is 2.30. The Morgan fingerprint density at radius 3 is 0.697 bits per heavy atom. The quantitative estimate of drug-likeness (QED) is 0.0222. The van der Waals surface area contributed by atoms with E-state index in [1.54, 1.807) is 0 Å². The maximum Gasteiger partial charge on any atom is 0.472 e. The van der Waals surface area contributed by atoms with E-state index in [9.17, 15) is 43.2 Å². The van der Waals surface area contributed by atoms with Crippen LogP contribution < -0.4 is 0 Å². The minimum Gasteiger partial charge on any atom is -0.462 e. The van der Waals surface area contributed by atoms with Crippen LogP contribution in [0.5, 0.6) is 0 Å². The molecule has 0 amide bonds. The van der Waals surface area contributed by atoms with Gasteiger partial charge in [-0.2, -0.15) is 0 Å². The Bertz CT molecular complexity index is 1760. The number of esters is 4. The molecule has 0 aromatic heterocycles. The molecule has 0 saturated carbocycles. The van der Waals surface area contributed by atoms with Crippen LogP contribution in [0.3, 0.4) is 0 Å². The standard InChI is InChI=1S/C70H136O17P2/c1-60(2)46-38-30-22-17-15-13-11-9-10-12-14-16-18-25-34-42-50-67(72)80-57-66(87-70(75)53-45-37-29-28-33-41-49-63(7)8)59-85-89(78,79)83-55-64(71)54-82-88(76,77)84-58-65(86-69(74)52-44-36-27-21-24-32-40-48-62(5)6)56-81-68(73)51-43-35-26-20-19-23-31-39-47-61(3)4/h60-66,71H,9-59H2,1-8H3,(H,76,77)(H,78,79)/t64?,65-,66-/m1/s1. The van der Waals surface area contributed by atoms with Crippen LogP contribution in [0.2, 0.25) is 0 Å². The lowest BCUT2D eigenvalue weighted by Gasteiger charge is -2.21. The second kappa shape index (κ2) is 59.8. The fourth-order valence-electron chi connectivity index (χ4n) is 10.5. The van der Waals surface area contributed by atoms with Gasteiger partial charge in [-0.25, -0.2) is 9.13 Å². The van der Waals surface area contributed by atoms with Crippen LogP contribution in [0.15, 0.2) is 0 Å². The molecule has 0 aliphatic rings. The number of aliphatic hydroxyl groups is 1. The third kappa shape index (κ3) is 64.6. The second-order valence-electron chi connectivity index (χ2n) is 27.2. The molecule has 5 atom stereocenters. The zero-order valence-corrected chi connectivity index (χ0v) is 59.8. The molecular formula is C70H136O17P2. The first-order valence-electron chi connectivity index (χ1n) is 36.2. The van der Waals surface area contributed by atoms with Crippen LogP contribution in [0.25, 0.3) is 0 Å². The number of ether oxygens (including phenoxy) is 4. The summed E-state index contributed by atoms with van der Waals surface area (Å²) in [7, 11) is -9.90. The van der Waals surface area contributed by atoms with E-state index in [0.29, 0.717) is 37.5 Å². The van der Waals surface area contributed by atoms with Crippen molar-refractivity contribution in [1.29, 1.82) is 0 Å². The number of rotatable bonds is 67. The van der Waals surface area contributed by atoms with Gasteiger partial charge in [0.15, 0.2) is 12.2 Å². The van der Waals surface area contributed by atoms with Gasteiger partial charge in [0, 0.05) is 25.7 Å². The van der Waals surface area contributed by atoms with E-state index < -0.39 is 97.5 Å². The Morgan fingerprint density at radius 2 is 0.472 bits per heavy atom. The van der Waals surface area contributed by atoms with E-state index in [1.807, 2.05) is 0 Å². The lowest BCUT2D eigenvalue weighted by atomic mass is 10.0. The Balaban J connectivity index is 5.14. The van der Waals surface area contributed by atoms with Gasteiger partial charge in [-0.05, 0) is 49.4 Å². The molecule has 0 saturated heterocycles. The Morgan fingerprint density at radius 1 is 0.281 bits per heavy atom. The summed E-state index contributed by atoms with van der Waals surface area (Å²) in [4.78, 5) is 72.4. The Hall–Kier alpha value is -1.94. The van der Waals surface area contributed by atoms with Crippen molar-refractivity contribution < 1.29 is 80.2 Å². The fourth-order valence-corrected chi connectivity index (χ4v) is 12.1. The van der Waals surface area contributed by atoms with Crippen LogP contribution >= 0.6 is 15.6 Å². The molecule has 0 aromatic rings. The predicted molar refractivity (Wildman–Crippen MR) is 358 cm³/mol. The van der Waals surface area contributed by atoms with E-state index in [1.165, 1.54) is 148 Å². The SMILES string of the molecule is CC(C)CCCCCCCCCCCCCCCCCCC(=O)OC[C@H](COP(=O)(O)OCC(O)COP(=O)(O)OC[C@@H](COC(=O)CCCCCCCCCCC(C)C)OC(=O)CCCCCCCCCC(C)C)OC(=O)CCCCCCCCC(C)C. The molecule has 89 heavy (non-hydrogen) atoms. The lowest BCUT2D eigenvalue weighted by Crippen LogP contribution is -2.30. The molecule has 0 bridgehead atoms. The number of carbonyl (C=O) groups is 4. The van der Waals surface area contributed by atoms with Gasteiger partial charge in [-0.15, -0.1) is 0 Å². The molecule has 0 fully saturated rings. The molecule has 19 heteroatoms. The molecule has 0 aliphatic carbocycles. The summed E-state index contributed by atoms with van der Waals surface area (Å²) < 4.78 is 68.2. The summed E-state index contributed by atoms with van der Waals surface area (Å²) in [6.45, 7) is 14.0. The number of aliphatic hydroxyl groups excluding tert-OH is 1. The van der Waals surface area contributed by atoms with Gasteiger partial charge in [-0.3, -0.25) is 37.3 Å². The largest absolute Gasteiger partial charge is 0.472 e. The minimum absolute atomic E-state index is 0.102. The summed E-state index contributed by atoms with van der Waals surface area (Å²) in [6, 6.07) is 0. The van der Waals surface area contributed by atoms with Gasteiger partial charge in [0.05, 0.1) is 26.4 Å². The van der Waals surface area contributed by atoms with Crippen molar-refractivity contribution in [3.63, 3.8) is 0 Å². The minimum atomic E-state index is -4.95. The number of hydrogen-bond donors (Lipinski definition) is 3. The first-order chi connectivity index (χ1) is 42.6. The molecule has 0 aliphatic heterocycles. The first kappa shape index (κ1) is 87.1.